The molecule has 0 radical (unpaired) electrons. The van der Waals surface area contributed by atoms with E-state index in [9.17, 15) is 19.8 Å². The van der Waals surface area contributed by atoms with Crippen LogP contribution < -0.4 is 0 Å². The van der Waals surface area contributed by atoms with E-state index < -0.39 is 33.4 Å². The maximum atomic E-state index is 13.9. The lowest BCUT2D eigenvalue weighted by Crippen LogP contribution is -2.72. The molecule has 3 unspecified atom stereocenters. The van der Waals surface area contributed by atoms with E-state index in [1.54, 1.807) is 0 Å². The Bertz CT molecular complexity index is 1020. The van der Waals surface area contributed by atoms with Gasteiger partial charge in [0.2, 0.25) is 0 Å². The zero-order valence-corrected chi connectivity index (χ0v) is 21.4. The third-order valence-corrected chi connectivity index (χ3v) is 8.48. The quantitative estimate of drug-likeness (QED) is 0.351. The number of carbonyl (C=O) groups excluding carboxylic acids is 2. The van der Waals surface area contributed by atoms with Crippen LogP contribution in [0.5, 0.6) is 11.5 Å². The lowest BCUT2D eigenvalue weighted by atomic mass is 9.63. The smallest absolute Gasteiger partial charge is 0.198 e. The predicted octanol–water partition coefficient (Wildman–Crippen LogP) is 6.24. The minimum Gasteiger partial charge on any atom is -0.508 e. The Morgan fingerprint density at radius 2 is 1.84 bits per heavy atom. The molecule has 1 aromatic rings. The van der Waals surface area contributed by atoms with Crippen LogP contribution >= 0.6 is 27.5 Å². The number of hydrogen-bond donors (Lipinski definition) is 2. The molecule has 0 saturated carbocycles. The molecule has 0 amide bonds. The van der Waals surface area contributed by atoms with Gasteiger partial charge >= 0.3 is 0 Å². The van der Waals surface area contributed by atoms with Gasteiger partial charge in [-0.3, -0.25) is 9.59 Å². The lowest BCUT2D eigenvalue weighted by Gasteiger charge is -2.56. The maximum absolute atomic E-state index is 13.9. The summed E-state index contributed by atoms with van der Waals surface area (Å²) in [5.41, 5.74) is -0.378. The zero-order chi connectivity index (χ0) is 24.1. The number of ether oxygens (including phenoxy) is 1. The summed E-state index contributed by atoms with van der Waals surface area (Å²) in [4.78, 5) is 25.6. The van der Waals surface area contributed by atoms with Gasteiger partial charge in [-0.1, -0.05) is 39.2 Å². The van der Waals surface area contributed by atoms with E-state index in [0.29, 0.717) is 0 Å². The fourth-order valence-electron chi connectivity index (χ4n) is 4.50. The van der Waals surface area contributed by atoms with Crippen LogP contribution in [-0.2, 0) is 4.74 Å². The van der Waals surface area contributed by atoms with Gasteiger partial charge < -0.3 is 14.9 Å². The first-order chi connectivity index (χ1) is 14.7. The van der Waals surface area contributed by atoms with E-state index >= 15 is 0 Å². The van der Waals surface area contributed by atoms with Crippen molar-refractivity contribution in [2.75, 3.05) is 0 Å². The highest BCUT2D eigenvalue weighted by Crippen LogP contribution is 2.57. The number of carbonyl (C=O) groups is 2. The monoisotopic (exact) mass is 524 g/mol. The summed E-state index contributed by atoms with van der Waals surface area (Å²) in [6.07, 6.45) is 6.00. The predicted molar refractivity (Wildman–Crippen MR) is 129 cm³/mol. The molecule has 2 N–H and O–H groups in total. The summed E-state index contributed by atoms with van der Waals surface area (Å²) in [6.45, 7) is 9.77. The lowest BCUT2D eigenvalue weighted by molar-refractivity contribution is -0.154. The van der Waals surface area contributed by atoms with Crippen LogP contribution in [0.15, 0.2) is 35.4 Å². The van der Waals surface area contributed by atoms with Crippen LogP contribution in [0.4, 0.5) is 0 Å². The van der Waals surface area contributed by atoms with Crippen LogP contribution in [-0.4, -0.2) is 42.7 Å². The number of allylic oxidation sites excluding steroid dienone is 3. The molecule has 1 aromatic carbocycles. The Labute approximate surface area is 202 Å². The van der Waals surface area contributed by atoms with Crippen molar-refractivity contribution in [3.63, 3.8) is 0 Å². The van der Waals surface area contributed by atoms with E-state index in [2.05, 4.69) is 22.0 Å². The number of rotatable bonds is 5. The third-order valence-electron chi connectivity index (χ3n) is 6.42. The summed E-state index contributed by atoms with van der Waals surface area (Å²) in [6, 6.07) is 2.25. The Morgan fingerprint density at radius 1 is 1.19 bits per heavy atom. The topological polar surface area (TPSA) is 83.8 Å². The van der Waals surface area contributed by atoms with Crippen molar-refractivity contribution in [1.82, 2.24) is 0 Å². The van der Waals surface area contributed by atoms with Gasteiger partial charge in [0.15, 0.2) is 17.2 Å². The number of fused-ring (bicyclic) bond motifs is 2. The molecule has 1 aliphatic carbocycles. The summed E-state index contributed by atoms with van der Waals surface area (Å²) < 4.78 is 6.42. The first-order valence-electron chi connectivity index (χ1n) is 10.7. The number of alkyl halides is 2. The number of halogens is 2. The normalized spacial score (nSPS) is 29.3. The molecule has 3 atom stereocenters. The number of benzene rings is 1. The van der Waals surface area contributed by atoms with E-state index in [1.165, 1.54) is 11.6 Å². The number of hydrogen-bond acceptors (Lipinski definition) is 5. The van der Waals surface area contributed by atoms with Gasteiger partial charge in [-0.15, -0.1) is 11.6 Å². The second-order valence-corrected chi connectivity index (χ2v) is 11.4. The second-order valence-electron chi connectivity index (χ2n) is 9.63. The molecule has 32 heavy (non-hydrogen) atoms. The van der Waals surface area contributed by atoms with Crippen LogP contribution in [0.1, 0.15) is 81.0 Å². The van der Waals surface area contributed by atoms with Gasteiger partial charge in [-0.05, 0) is 59.9 Å². The molecule has 5 nitrogen and oxygen atoms in total. The average Bonchev–Trinajstić information content (AvgIpc) is 2.67. The summed E-state index contributed by atoms with van der Waals surface area (Å²) in [5.74, 6) is -1.84. The largest absolute Gasteiger partial charge is 0.508 e. The molecule has 7 heteroatoms. The molecule has 0 bridgehead atoms. The average molecular weight is 526 g/mol. The van der Waals surface area contributed by atoms with E-state index in [1.807, 2.05) is 40.7 Å². The highest BCUT2D eigenvalue weighted by atomic mass is 79.9. The van der Waals surface area contributed by atoms with Crippen molar-refractivity contribution in [3.8, 4) is 11.5 Å². The first-order valence-corrected chi connectivity index (χ1v) is 12.0. The Kier molecular flexibility index (Phi) is 6.73. The van der Waals surface area contributed by atoms with Crippen LogP contribution in [0, 0.1) is 0 Å². The van der Waals surface area contributed by atoms with Crippen molar-refractivity contribution in [1.29, 1.82) is 0 Å². The Morgan fingerprint density at radius 3 is 2.47 bits per heavy atom. The van der Waals surface area contributed by atoms with Gasteiger partial charge in [0.1, 0.15) is 16.4 Å². The number of aromatic hydroxyl groups is 2. The molecule has 0 spiro atoms. The molecule has 1 fully saturated rings. The Balaban J connectivity index is 2.14. The van der Waals surface area contributed by atoms with Gasteiger partial charge in [-0.25, -0.2) is 0 Å². The van der Waals surface area contributed by atoms with Gasteiger partial charge in [0, 0.05) is 22.9 Å². The van der Waals surface area contributed by atoms with Crippen molar-refractivity contribution >= 4 is 39.1 Å². The van der Waals surface area contributed by atoms with E-state index in [0.717, 1.165) is 24.5 Å². The van der Waals surface area contributed by atoms with Crippen LogP contribution in [0.2, 0.25) is 0 Å². The number of phenols is 2. The molecule has 174 valence electrons. The van der Waals surface area contributed by atoms with Crippen LogP contribution in [0.3, 0.4) is 0 Å². The fourth-order valence-corrected chi connectivity index (χ4v) is 5.72. The molecule has 1 heterocycles. The molecule has 1 saturated heterocycles. The van der Waals surface area contributed by atoms with Gasteiger partial charge in [0.25, 0.3) is 0 Å². The SMILES string of the molecule is CC(C)=CCCC(C)=CCC12OC(C)(C)C(Br)CC1(Cl)C(=O)c1c(O)cc(O)cc1C2=O. The molecule has 1 aliphatic heterocycles. The fraction of sp³-hybridized carbons (Fsp3) is 0.520. The third kappa shape index (κ3) is 4.06. The molecular formula is C25H30BrClO5. The summed E-state index contributed by atoms with van der Waals surface area (Å²) in [7, 11) is 0. The van der Waals surface area contributed by atoms with Gasteiger partial charge in [0.05, 0.1) is 11.2 Å². The summed E-state index contributed by atoms with van der Waals surface area (Å²) in [5, 5.41) is 20.4. The number of ketones is 2. The van der Waals surface area contributed by atoms with Crippen molar-refractivity contribution in [3.05, 3.63) is 46.6 Å². The zero-order valence-electron chi connectivity index (χ0n) is 19.1. The minimum atomic E-state index is -1.70. The highest BCUT2D eigenvalue weighted by molar-refractivity contribution is 9.09. The first kappa shape index (κ1) is 25.0. The molecule has 2 aliphatic rings. The van der Waals surface area contributed by atoms with Gasteiger partial charge in [-0.2, -0.15) is 0 Å². The Hall–Kier alpha value is -1.63. The van der Waals surface area contributed by atoms with E-state index in [4.69, 9.17) is 16.3 Å². The number of phenolic OH excluding ortho intramolecular Hbond substituents is 2. The second kappa shape index (κ2) is 8.62. The van der Waals surface area contributed by atoms with Crippen molar-refractivity contribution in [2.24, 2.45) is 0 Å². The minimum absolute atomic E-state index is 0.0665. The van der Waals surface area contributed by atoms with E-state index in [-0.39, 0.29) is 34.5 Å². The van der Waals surface area contributed by atoms with Crippen molar-refractivity contribution in [2.45, 2.75) is 81.2 Å². The maximum Gasteiger partial charge on any atom is 0.198 e. The standard InChI is InChI=1S/C25H30BrClO5/c1-14(2)7-6-8-15(3)9-10-25-21(30)17-11-16(28)12-18(29)20(17)22(31)24(25,27)13-19(26)23(4,5)32-25/h7,9,11-12,19,28-29H,6,8,10,13H2,1-5H3. The number of Topliss-reactive ketones (excluding diaryl/α,β-unsaturated/α-hetero) is 2. The van der Waals surface area contributed by atoms with Crippen molar-refractivity contribution < 1.29 is 24.5 Å². The highest BCUT2D eigenvalue weighted by Gasteiger charge is 2.69. The molecule has 0 aromatic heterocycles. The molecule has 3 rings (SSSR count). The van der Waals surface area contributed by atoms with Crippen LogP contribution in [0.25, 0.3) is 0 Å². The molecular weight excluding hydrogens is 496 g/mol. The summed E-state index contributed by atoms with van der Waals surface area (Å²) >= 11 is 10.6.